The monoisotopic (exact) mass is 470 g/mol. The Balaban J connectivity index is 1.62. The van der Waals surface area contributed by atoms with E-state index in [0.29, 0.717) is 22.4 Å². The number of halogens is 1. The molecule has 4 nitrogen and oxygen atoms in total. The third kappa shape index (κ3) is 3.43. The summed E-state index contributed by atoms with van der Waals surface area (Å²) in [5.41, 5.74) is 8.13. The van der Waals surface area contributed by atoms with Crippen LogP contribution in [0.4, 0.5) is 4.39 Å². The fourth-order valence-electron chi connectivity index (χ4n) is 4.86. The smallest absolute Gasteiger partial charge is 0.325 e. The Labute approximate surface area is 207 Å². The molecule has 0 saturated carbocycles. The Hall–Kier alpha value is -4.82. The van der Waals surface area contributed by atoms with Crippen LogP contribution in [0.5, 0.6) is 0 Å². The van der Waals surface area contributed by atoms with Gasteiger partial charge in [-0.1, -0.05) is 66.7 Å². The number of aromatic nitrogens is 2. The van der Waals surface area contributed by atoms with E-state index in [4.69, 9.17) is 4.42 Å². The number of nitrogens with zero attached hydrogens (tertiary/aromatic N) is 3. The molecule has 0 spiro atoms. The molecule has 0 saturated heterocycles. The Kier molecular flexibility index (Phi) is 5.09. The lowest BCUT2D eigenvalue weighted by Gasteiger charge is -2.08. The van der Waals surface area contributed by atoms with Crippen molar-refractivity contribution in [3.63, 3.8) is 0 Å². The van der Waals surface area contributed by atoms with Crippen molar-refractivity contribution in [3.05, 3.63) is 108 Å². The highest BCUT2D eigenvalue weighted by Crippen LogP contribution is 2.42. The molecule has 2 heterocycles. The van der Waals surface area contributed by atoms with Crippen molar-refractivity contribution in [3.8, 4) is 39.6 Å². The van der Waals surface area contributed by atoms with Gasteiger partial charge >= 0.3 is 5.95 Å². The Morgan fingerprint density at radius 1 is 0.806 bits per heavy atom. The van der Waals surface area contributed by atoms with Gasteiger partial charge in [0.05, 0.1) is 30.3 Å². The van der Waals surface area contributed by atoms with Crippen molar-refractivity contribution < 1.29 is 13.4 Å². The van der Waals surface area contributed by atoms with Crippen molar-refractivity contribution in [2.24, 2.45) is 7.05 Å². The number of aryl methyl sites for hydroxylation is 2. The van der Waals surface area contributed by atoms with E-state index in [1.165, 1.54) is 12.4 Å². The summed E-state index contributed by atoms with van der Waals surface area (Å²) in [5.74, 6) is -0.554. The second-order valence-corrected chi connectivity index (χ2v) is 8.86. The summed E-state index contributed by atoms with van der Waals surface area (Å²) < 4.78 is 22.4. The van der Waals surface area contributed by atoms with Gasteiger partial charge in [0.2, 0.25) is 0 Å². The summed E-state index contributed by atoms with van der Waals surface area (Å²) in [6.07, 6.45) is 1.46. The minimum absolute atomic E-state index is 0.535. The zero-order valence-electron chi connectivity index (χ0n) is 19.8. The molecular formula is C31H21FN3O+. The average molecular weight is 471 g/mol. The van der Waals surface area contributed by atoms with E-state index in [-0.39, 0.29) is 0 Å². The minimum atomic E-state index is -0.554. The summed E-state index contributed by atoms with van der Waals surface area (Å²) in [6.45, 7) is 1.98. The lowest BCUT2D eigenvalue weighted by atomic mass is 9.95. The van der Waals surface area contributed by atoms with Crippen molar-refractivity contribution in [2.45, 2.75) is 6.92 Å². The Bertz CT molecular complexity index is 1810. The van der Waals surface area contributed by atoms with Crippen LogP contribution in [0.1, 0.15) is 11.1 Å². The van der Waals surface area contributed by atoms with Gasteiger partial charge in [-0.05, 0) is 46.3 Å². The highest BCUT2D eigenvalue weighted by atomic mass is 19.1. The molecule has 0 radical (unpaired) electrons. The highest BCUT2D eigenvalue weighted by molar-refractivity contribution is 6.14. The van der Waals surface area contributed by atoms with Crippen molar-refractivity contribution in [1.82, 2.24) is 4.98 Å². The SMILES string of the molecule is Cc1ccc2c(oc3c(-c4ccc(-c5ccccc5)cc4)c(C#N)ccc32)c1-c1cc(F)nc[n+]1C. The number of furan rings is 1. The fourth-order valence-corrected chi connectivity index (χ4v) is 4.86. The average Bonchev–Trinajstić information content (AvgIpc) is 3.29. The molecule has 4 aromatic carbocycles. The van der Waals surface area contributed by atoms with Crippen LogP contribution in [0.15, 0.2) is 95.7 Å². The van der Waals surface area contributed by atoms with Gasteiger partial charge in [-0.2, -0.15) is 9.65 Å². The zero-order valence-corrected chi connectivity index (χ0v) is 19.8. The molecule has 172 valence electrons. The molecule has 36 heavy (non-hydrogen) atoms. The van der Waals surface area contributed by atoms with Gasteiger partial charge in [0.25, 0.3) is 6.33 Å². The van der Waals surface area contributed by atoms with Gasteiger partial charge in [-0.15, -0.1) is 0 Å². The van der Waals surface area contributed by atoms with Gasteiger partial charge in [-0.25, -0.2) is 4.57 Å². The quantitative estimate of drug-likeness (QED) is 0.204. The molecule has 0 fully saturated rings. The standard InChI is InChI=1S/C31H21FN3O/c1-19-8-14-24-25-15-13-23(17-33)29(22-11-9-21(10-12-22)20-6-4-3-5-7-20)31(25)36-30(24)28(19)26-16-27(32)34-18-35(26)2/h3-16,18H,1-2H3/q+1. The van der Waals surface area contributed by atoms with E-state index in [9.17, 15) is 9.65 Å². The number of rotatable bonds is 3. The molecular weight excluding hydrogens is 449 g/mol. The van der Waals surface area contributed by atoms with Gasteiger partial charge in [0, 0.05) is 16.3 Å². The van der Waals surface area contributed by atoms with Crippen molar-refractivity contribution >= 4 is 21.9 Å². The number of hydrogen-bond acceptors (Lipinski definition) is 3. The van der Waals surface area contributed by atoms with Crippen molar-refractivity contribution in [2.75, 3.05) is 0 Å². The molecule has 0 aliphatic heterocycles. The van der Waals surface area contributed by atoms with Gasteiger partial charge < -0.3 is 4.42 Å². The van der Waals surface area contributed by atoms with Crippen LogP contribution in [-0.2, 0) is 7.05 Å². The number of hydrogen-bond donors (Lipinski definition) is 0. The summed E-state index contributed by atoms with van der Waals surface area (Å²) in [5, 5.41) is 11.8. The molecule has 6 aromatic rings. The lowest BCUT2D eigenvalue weighted by molar-refractivity contribution is -0.663. The van der Waals surface area contributed by atoms with Gasteiger partial charge in [-0.3, -0.25) is 0 Å². The van der Waals surface area contributed by atoms with Gasteiger partial charge in [0.1, 0.15) is 16.9 Å². The maximum Gasteiger partial charge on any atom is 0.325 e. The molecule has 5 heteroatoms. The van der Waals surface area contributed by atoms with E-state index in [1.807, 2.05) is 68.6 Å². The number of fused-ring (bicyclic) bond motifs is 3. The Morgan fingerprint density at radius 3 is 2.17 bits per heavy atom. The highest BCUT2D eigenvalue weighted by Gasteiger charge is 2.23. The first kappa shape index (κ1) is 21.7. The van der Waals surface area contributed by atoms with Crippen LogP contribution in [-0.4, -0.2) is 4.98 Å². The maximum absolute atomic E-state index is 14.1. The molecule has 2 aromatic heterocycles. The molecule has 0 atom stereocenters. The first-order valence-corrected chi connectivity index (χ1v) is 11.6. The molecule has 0 unspecified atom stereocenters. The van der Waals surface area contributed by atoms with Crippen LogP contribution in [0.2, 0.25) is 0 Å². The maximum atomic E-state index is 14.1. The molecule has 0 aliphatic carbocycles. The van der Waals surface area contributed by atoms with Gasteiger partial charge in [0.15, 0.2) is 0 Å². The van der Waals surface area contributed by atoms with Crippen LogP contribution in [0, 0.1) is 24.2 Å². The predicted molar refractivity (Wildman–Crippen MR) is 138 cm³/mol. The summed E-state index contributed by atoms with van der Waals surface area (Å²) >= 11 is 0. The van der Waals surface area contributed by atoms with Crippen LogP contribution in [0.3, 0.4) is 0 Å². The summed E-state index contributed by atoms with van der Waals surface area (Å²) in [6, 6.07) is 29.9. The molecule has 0 N–H and O–H groups in total. The molecule has 0 aliphatic rings. The summed E-state index contributed by atoms with van der Waals surface area (Å²) in [7, 11) is 1.83. The largest absolute Gasteiger partial charge is 0.455 e. The Morgan fingerprint density at radius 2 is 1.44 bits per heavy atom. The minimum Gasteiger partial charge on any atom is -0.455 e. The lowest BCUT2D eigenvalue weighted by Crippen LogP contribution is -2.32. The third-order valence-electron chi connectivity index (χ3n) is 6.67. The predicted octanol–water partition coefficient (Wildman–Crippen LogP) is 7.13. The number of nitriles is 1. The molecule has 0 amide bonds. The first-order valence-electron chi connectivity index (χ1n) is 11.6. The van der Waals surface area contributed by atoms with E-state index < -0.39 is 5.95 Å². The van der Waals surface area contributed by atoms with Crippen LogP contribution < -0.4 is 4.57 Å². The van der Waals surface area contributed by atoms with Crippen molar-refractivity contribution in [1.29, 1.82) is 5.26 Å². The third-order valence-corrected chi connectivity index (χ3v) is 6.67. The topological polar surface area (TPSA) is 53.7 Å². The van der Waals surface area contributed by atoms with Crippen LogP contribution >= 0.6 is 0 Å². The normalized spacial score (nSPS) is 11.2. The first-order chi connectivity index (χ1) is 17.5. The second-order valence-electron chi connectivity index (χ2n) is 8.86. The zero-order chi connectivity index (χ0) is 24.8. The summed E-state index contributed by atoms with van der Waals surface area (Å²) in [4.78, 5) is 3.75. The van der Waals surface area contributed by atoms with Crippen LogP contribution in [0.25, 0.3) is 55.4 Å². The van der Waals surface area contributed by atoms with E-state index in [0.717, 1.165) is 44.2 Å². The second kappa shape index (κ2) is 8.44. The van der Waals surface area contributed by atoms with E-state index in [1.54, 1.807) is 4.57 Å². The molecule has 6 rings (SSSR count). The fraction of sp³-hybridized carbons (Fsp3) is 0.0645. The number of benzene rings is 4. The van der Waals surface area contributed by atoms with E-state index >= 15 is 0 Å². The van der Waals surface area contributed by atoms with E-state index in [2.05, 4.69) is 35.3 Å². The molecule has 0 bridgehead atoms.